The summed E-state index contributed by atoms with van der Waals surface area (Å²) in [5.74, 6) is -0.351. The van der Waals surface area contributed by atoms with Crippen molar-refractivity contribution in [2.45, 2.75) is 23.8 Å². The molecule has 0 spiro atoms. The molecule has 8 heteroatoms. The van der Waals surface area contributed by atoms with Crippen LogP contribution in [0.15, 0.2) is 29.2 Å². The monoisotopic (exact) mass is 346 g/mol. The van der Waals surface area contributed by atoms with E-state index in [9.17, 15) is 13.2 Å². The van der Waals surface area contributed by atoms with Gasteiger partial charge in [0.15, 0.2) is 0 Å². The molecule has 1 amide bonds. The highest BCUT2D eigenvalue weighted by molar-refractivity contribution is 7.89. The first-order valence-corrected chi connectivity index (χ1v) is 8.81. The van der Waals surface area contributed by atoms with Gasteiger partial charge in [0, 0.05) is 25.2 Å². The second-order valence-corrected chi connectivity index (χ2v) is 7.64. The van der Waals surface area contributed by atoms with Gasteiger partial charge in [-0.2, -0.15) is 4.31 Å². The Morgan fingerprint density at radius 2 is 2.09 bits per heavy atom. The van der Waals surface area contributed by atoms with Gasteiger partial charge in [-0.05, 0) is 37.1 Å². The maximum absolute atomic E-state index is 12.3. The molecule has 1 atom stereocenters. The number of halogens is 1. The van der Waals surface area contributed by atoms with Crippen LogP contribution in [0.4, 0.5) is 0 Å². The minimum atomic E-state index is -3.71. The number of benzene rings is 1. The van der Waals surface area contributed by atoms with Crippen molar-refractivity contribution in [1.82, 2.24) is 9.62 Å². The predicted octanol–water partition coefficient (Wildman–Crippen LogP) is 1.26. The van der Waals surface area contributed by atoms with E-state index in [0.717, 1.165) is 17.1 Å². The van der Waals surface area contributed by atoms with Gasteiger partial charge in [-0.1, -0.05) is 11.6 Å². The molecule has 0 unspecified atom stereocenters. The van der Waals surface area contributed by atoms with Gasteiger partial charge in [-0.15, -0.1) is 0 Å². The van der Waals surface area contributed by atoms with Gasteiger partial charge in [-0.25, -0.2) is 8.42 Å². The summed E-state index contributed by atoms with van der Waals surface area (Å²) in [6, 6.07) is 5.83. The standard InChI is InChI=1S/C14H19ClN2O4S/c1-17(10-14(18)16-9-12-3-2-8-21-12)22(19,20)13-6-4-11(15)5-7-13/h4-7,12H,2-3,8-10H2,1H3,(H,16,18)/t12-/m0/s1. The minimum Gasteiger partial charge on any atom is -0.376 e. The molecule has 0 aromatic heterocycles. The van der Waals surface area contributed by atoms with E-state index in [1.807, 2.05) is 0 Å². The molecular formula is C14H19ClN2O4S. The third kappa shape index (κ3) is 4.42. The van der Waals surface area contributed by atoms with E-state index in [-0.39, 0.29) is 23.5 Å². The highest BCUT2D eigenvalue weighted by atomic mass is 35.5. The molecule has 1 N–H and O–H groups in total. The predicted molar refractivity (Wildman–Crippen MR) is 83.3 cm³/mol. The van der Waals surface area contributed by atoms with Crippen LogP contribution in [0.2, 0.25) is 5.02 Å². The Labute approximate surface area is 135 Å². The number of sulfonamides is 1. The van der Waals surface area contributed by atoms with E-state index in [1.54, 1.807) is 0 Å². The third-order valence-corrected chi connectivity index (χ3v) is 5.51. The van der Waals surface area contributed by atoms with Gasteiger partial charge in [0.05, 0.1) is 17.5 Å². The van der Waals surface area contributed by atoms with Crippen LogP contribution in [0.1, 0.15) is 12.8 Å². The maximum Gasteiger partial charge on any atom is 0.243 e. The molecule has 1 aromatic carbocycles. The fourth-order valence-electron chi connectivity index (χ4n) is 2.16. The summed E-state index contributed by atoms with van der Waals surface area (Å²) in [4.78, 5) is 12.0. The van der Waals surface area contributed by atoms with Crippen LogP contribution in [-0.4, -0.2) is 51.5 Å². The summed E-state index contributed by atoms with van der Waals surface area (Å²) >= 11 is 5.74. The quantitative estimate of drug-likeness (QED) is 0.841. The number of nitrogens with zero attached hydrogens (tertiary/aromatic N) is 1. The average Bonchev–Trinajstić information content (AvgIpc) is 2.99. The molecule has 1 aliphatic rings. The number of carbonyl (C=O) groups is 1. The Morgan fingerprint density at radius 3 is 2.68 bits per heavy atom. The van der Waals surface area contributed by atoms with Crippen molar-refractivity contribution < 1.29 is 17.9 Å². The van der Waals surface area contributed by atoms with Crippen molar-refractivity contribution >= 4 is 27.5 Å². The van der Waals surface area contributed by atoms with E-state index in [4.69, 9.17) is 16.3 Å². The molecule has 6 nitrogen and oxygen atoms in total. The SMILES string of the molecule is CN(CC(=O)NC[C@@H]1CCCO1)S(=O)(=O)c1ccc(Cl)cc1. The van der Waals surface area contributed by atoms with Crippen molar-refractivity contribution in [2.75, 3.05) is 26.7 Å². The Kier molecular flexibility index (Phi) is 5.80. The number of likely N-dealkylation sites (N-methyl/N-ethyl adjacent to an activating group) is 1. The Bertz CT molecular complexity index is 612. The molecule has 0 aliphatic carbocycles. The van der Waals surface area contributed by atoms with Crippen molar-refractivity contribution in [3.8, 4) is 0 Å². The molecular weight excluding hydrogens is 328 g/mol. The summed E-state index contributed by atoms with van der Waals surface area (Å²) < 4.78 is 31.0. The number of nitrogens with one attached hydrogen (secondary N) is 1. The lowest BCUT2D eigenvalue weighted by molar-refractivity contribution is -0.121. The number of ether oxygens (including phenoxy) is 1. The number of rotatable bonds is 6. The molecule has 22 heavy (non-hydrogen) atoms. The van der Waals surface area contributed by atoms with E-state index < -0.39 is 10.0 Å². The van der Waals surface area contributed by atoms with Crippen LogP contribution in [0.5, 0.6) is 0 Å². The largest absolute Gasteiger partial charge is 0.376 e. The number of hydrogen-bond acceptors (Lipinski definition) is 4. The first kappa shape index (κ1) is 17.2. The lowest BCUT2D eigenvalue weighted by Gasteiger charge is -2.17. The Hall–Kier alpha value is -1.15. The van der Waals surface area contributed by atoms with Gasteiger partial charge in [0.25, 0.3) is 0 Å². The Morgan fingerprint density at radius 1 is 1.41 bits per heavy atom. The van der Waals surface area contributed by atoms with Crippen molar-refractivity contribution in [3.05, 3.63) is 29.3 Å². The molecule has 0 radical (unpaired) electrons. The van der Waals surface area contributed by atoms with Crippen LogP contribution in [0.3, 0.4) is 0 Å². The fourth-order valence-corrected chi connectivity index (χ4v) is 3.42. The summed E-state index contributed by atoms with van der Waals surface area (Å²) in [6.07, 6.45) is 1.94. The zero-order valence-electron chi connectivity index (χ0n) is 12.3. The molecule has 1 saturated heterocycles. The van der Waals surface area contributed by atoms with Gasteiger partial charge < -0.3 is 10.1 Å². The lowest BCUT2D eigenvalue weighted by Crippen LogP contribution is -2.40. The molecule has 1 fully saturated rings. The zero-order chi connectivity index (χ0) is 16.2. The fraction of sp³-hybridized carbons (Fsp3) is 0.500. The van der Waals surface area contributed by atoms with Crippen molar-refractivity contribution in [2.24, 2.45) is 0 Å². The average molecular weight is 347 g/mol. The smallest absolute Gasteiger partial charge is 0.243 e. The zero-order valence-corrected chi connectivity index (χ0v) is 13.9. The van der Waals surface area contributed by atoms with E-state index >= 15 is 0 Å². The van der Waals surface area contributed by atoms with Crippen molar-refractivity contribution in [3.63, 3.8) is 0 Å². The van der Waals surface area contributed by atoms with E-state index in [0.29, 0.717) is 18.2 Å². The first-order valence-electron chi connectivity index (χ1n) is 7.00. The summed E-state index contributed by atoms with van der Waals surface area (Å²) in [6.45, 7) is 0.886. The van der Waals surface area contributed by atoms with Gasteiger partial charge in [0.1, 0.15) is 0 Å². The summed E-state index contributed by atoms with van der Waals surface area (Å²) in [5, 5.41) is 3.15. The first-order chi connectivity index (χ1) is 10.4. The van der Waals surface area contributed by atoms with E-state index in [1.165, 1.54) is 31.3 Å². The third-order valence-electron chi connectivity index (χ3n) is 3.44. The normalized spacial score (nSPS) is 18.6. The summed E-state index contributed by atoms with van der Waals surface area (Å²) in [5.41, 5.74) is 0. The number of carbonyl (C=O) groups excluding carboxylic acids is 1. The van der Waals surface area contributed by atoms with Crippen LogP contribution >= 0.6 is 11.6 Å². The molecule has 1 aromatic rings. The second-order valence-electron chi connectivity index (χ2n) is 5.15. The molecule has 1 aliphatic heterocycles. The number of hydrogen-bond donors (Lipinski definition) is 1. The molecule has 1 heterocycles. The highest BCUT2D eigenvalue weighted by Gasteiger charge is 2.23. The maximum atomic E-state index is 12.3. The van der Waals surface area contributed by atoms with E-state index in [2.05, 4.69) is 5.32 Å². The molecule has 2 rings (SSSR count). The topological polar surface area (TPSA) is 75.7 Å². The second kappa shape index (κ2) is 7.41. The van der Waals surface area contributed by atoms with Crippen LogP contribution < -0.4 is 5.32 Å². The van der Waals surface area contributed by atoms with Gasteiger partial charge in [-0.3, -0.25) is 4.79 Å². The van der Waals surface area contributed by atoms with Crippen LogP contribution in [-0.2, 0) is 19.6 Å². The Balaban J connectivity index is 1.90. The summed E-state index contributed by atoms with van der Waals surface area (Å²) in [7, 11) is -2.33. The number of amides is 1. The van der Waals surface area contributed by atoms with Crippen molar-refractivity contribution in [1.29, 1.82) is 0 Å². The highest BCUT2D eigenvalue weighted by Crippen LogP contribution is 2.17. The molecule has 0 bridgehead atoms. The molecule has 0 saturated carbocycles. The van der Waals surface area contributed by atoms with Gasteiger partial charge in [0.2, 0.25) is 15.9 Å². The van der Waals surface area contributed by atoms with Crippen LogP contribution in [0, 0.1) is 0 Å². The van der Waals surface area contributed by atoms with Crippen LogP contribution in [0.25, 0.3) is 0 Å². The molecule has 122 valence electrons. The minimum absolute atomic E-state index is 0.0297. The van der Waals surface area contributed by atoms with Gasteiger partial charge >= 0.3 is 0 Å². The lowest BCUT2D eigenvalue weighted by atomic mass is 10.2.